The van der Waals surface area contributed by atoms with Crippen molar-refractivity contribution in [2.45, 2.75) is 64.6 Å². The number of carbonyl (C=O) groups is 2. The molecule has 47 heavy (non-hydrogen) atoms. The number of aryl methyl sites for hydroxylation is 1. The number of rotatable bonds is 10. The summed E-state index contributed by atoms with van der Waals surface area (Å²) in [6.07, 6.45) is -1.71. The minimum atomic E-state index is -4.96. The largest absolute Gasteiger partial charge is 0.416 e. The van der Waals surface area contributed by atoms with Crippen molar-refractivity contribution < 1.29 is 40.7 Å². The monoisotopic (exact) mass is 671 g/mol. The minimum absolute atomic E-state index is 0.00866. The molecule has 1 aliphatic rings. The van der Waals surface area contributed by atoms with Crippen molar-refractivity contribution in [3.8, 4) is 11.1 Å². The third-order valence-corrected chi connectivity index (χ3v) is 7.76. The lowest BCUT2D eigenvalue weighted by atomic mass is 9.94. The minimum Gasteiger partial charge on any atom is -0.384 e. The average Bonchev–Trinajstić information content (AvgIpc) is 3.64. The van der Waals surface area contributed by atoms with Crippen molar-refractivity contribution in [2.75, 3.05) is 32.2 Å². The zero-order chi connectivity index (χ0) is 35.2. The standard InChI is InChI=1S/C24H24F6N6O.C7H15NO2/c1-3-20-7-21(13-35(20)14-37)36(22-31-8-16(9-32-22)17-10-33-34(2)12-17)11-15-4-18(23(25,26)27)6-19(5-15)24(28,29)30;1-7(2,5-10-4)6(9)8-3/h4-6,8-10,12,14,20-21H,3,7,11,13H2,1-2H3;5H2,1-4H3,(H,8,9)/t20?,21-;/m0./s1. The van der Waals surface area contributed by atoms with E-state index in [0.717, 1.165) is 5.56 Å². The van der Waals surface area contributed by atoms with E-state index in [4.69, 9.17) is 4.74 Å². The molecule has 2 amide bonds. The first-order valence-corrected chi connectivity index (χ1v) is 14.7. The molecule has 16 heteroatoms. The second kappa shape index (κ2) is 15.1. The summed E-state index contributed by atoms with van der Waals surface area (Å²) in [6, 6.07) is 0.978. The highest BCUT2D eigenvalue weighted by Crippen LogP contribution is 2.37. The maximum absolute atomic E-state index is 13.4. The molecule has 1 N–H and O–H groups in total. The van der Waals surface area contributed by atoms with Gasteiger partial charge < -0.3 is 19.9 Å². The lowest BCUT2D eigenvalue weighted by Gasteiger charge is -2.29. The molecule has 1 unspecified atom stereocenters. The van der Waals surface area contributed by atoms with Crippen LogP contribution in [0.2, 0.25) is 0 Å². The molecule has 2 atom stereocenters. The number of hydrogen-bond acceptors (Lipinski definition) is 7. The summed E-state index contributed by atoms with van der Waals surface area (Å²) in [5, 5.41) is 6.66. The Morgan fingerprint density at radius 1 is 1.04 bits per heavy atom. The normalized spacial score (nSPS) is 16.8. The second-order valence-electron chi connectivity index (χ2n) is 11.9. The predicted octanol–water partition coefficient (Wildman–Crippen LogP) is 5.34. The maximum Gasteiger partial charge on any atom is 0.416 e. The molecule has 0 saturated carbocycles. The van der Waals surface area contributed by atoms with Gasteiger partial charge >= 0.3 is 12.4 Å². The molecule has 1 saturated heterocycles. The second-order valence-corrected chi connectivity index (χ2v) is 11.9. The van der Waals surface area contributed by atoms with E-state index < -0.39 is 34.9 Å². The van der Waals surface area contributed by atoms with Gasteiger partial charge in [0, 0.05) is 70.1 Å². The molecular formula is C31H39F6N7O3. The summed E-state index contributed by atoms with van der Waals surface area (Å²) in [7, 11) is 4.96. The lowest BCUT2D eigenvalue weighted by molar-refractivity contribution is -0.143. The topological polar surface area (TPSA) is 105 Å². The van der Waals surface area contributed by atoms with Crippen molar-refractivity contribution in [1.29, 1.82) is 0 Å². The van der Waals surface area contributed by atoms with Crippen molar-refractivity contribution in [3.63, 3.8) is 0 Å². The number of amides is 2. The van der Waals surface area contributed by atoms with Crippen LogP contribution in [-0.2, 0) is 40.3 Å². The number of likely N-dealkylation sites (tertiary alicyclic amines) is 1. The smallest absolute Gasteiger partial charge is 0.384 e. The van der Waals surface area contributed by atoms with Gasteiger partial charge in [-0.25, -0.2) is 9.97 Å². The Labute approximate surface area is 269 Å². The van der Waals surface area contributed by atoms with Gasteiger partial charge in [0.05, 0.1) is 35.4 Å². The Morgan fingerprint density at radius 3 is 2.06 bits per heavy atom. The number of benzene rings is 1. The van der Waals surface area contributed by atoms with E-state index in [-0.39, 0.29) is 42.6 Å². The summed E-state index contributed by atoms with van der Waals surface area (Å²) in [5.74, 6) is 0.139. The van der Waals surface area contributed by atoms with Crippen LogP contribution >= 0.6 is 0 Å². The Kier molecular flexibility index (Phi) is 12.0. The first kappa shape index (κ1) is 37.2. The van der Waals surface area contributed by atoms with E-state index in [2.05, 4.69) is 20.4 Å². The SMILES string of the molecule is CCC1C[C@H](N(Cc2cc(C(F)(F)F)cc(C(F)(F)F)c2)c2ncc(-c3cnn(C)c3)cn2)CN1C=O.CNC(=O)C(C)(C)COC. The van der Waals surface area contributed by atoms with Crippen molar-refractivity contribution in [2.24, 2.45) is 12.5 Å². The maximum atomic E-state index is 13.4. The van der Waals surface area contributed by atoms with Crippen LogP contribution in [0.25, 0.3) is 11.1 Å². The fourth-order valence-electron chi connectivity index (χ4n) is 5.30. The number of anilines is 1. The van der Waals surface area contributed by atoms with Gasteiger partial charge in [-0.05, 0) is 50.5 Å². The Bertz CT molecular complexity index is 1460. The van der Waals surface area contributed by atoms with E-state index in [1.165, 1.54) is 12.4 Å². The number of nitrogens with one attached hydrogen (secondary N) is 1. The number of nitrogens with zero attached hydrogens (tertiary/aromatic N) is 6. The predicted molar refractivity (Wildman–Crippen MR) is 162 cm³/mol. The number of halogens is 6. The Balaban J connectivity index is 0.000000520. The van der Waals surface area contributed by atoms with Crippen LogP contribution in [0.1, 0.15) is 50.3 Å². The van der Waals surface area contributed by atoms with Gasteiger partial charge in [0.15, 0.2) is 0 Å². The van der Waals surface area contributed by atoms with E-state index in [1.54, 1.807) is 48.1 Å². The van der Waals surface area contributed by atoms with Gasteiger partial charge in [-0.1, -0.05) is 6.92 Å². The molecule has 1 fully saturated rings. The molecule has 1 aromatic carbocycles. The van der Waals surface area contributed by atoms with E-state index in [0.29, 0.717) is 43.6 Å². The molecule has 4 rings (SSSR count). The molecule has 2 aromatic heterocycles. The highest BCUT2D eigenvalue weighted by atomic mass is 19.4. The van der Waals surface area contributed by atoms with Gasteiger partial charge in [0.2, 0.25) is 18.3 Å². The lowest BCUT2D eigenvalue weighted by Crippen LogP contribution is -2.38. The van der Waals surface area contributed by atoms with E-state index in [1.807, 2.05) is 20.8 Å². The number of hydrogen-bond donors (Lipinski definition) is 1. The summed E-state index contributed by atoms with van der Waals surface area (Å²) < 4.78 is 87.1. The third-order valence-electron chi connectivity index (χ3n) is 7.76. The van der Waals surface area contributed by atoms with E-state index >= 15 is 0 Å². The molecule has 258 valence electrons. The molecule has 0 spiro atoms. The first-order valence-electron chi connectivity index (χ1n) is 14.7. The summed E-state index contributed by atoms with van der Waals surface area (Å²) in [5.41, 5.74) is -2.01. The number of ether oxygens (including phenoxy) is 1. The number of aromatic nitrogens is 4. The summed E-state index contributed by atoms with van der Waals surface area (Å²) in [6.45, 7) is 5.96. The molecule has 3 heterocycles. The van der Waals surface area contributed by atoms with Gasteiger partial charge in [0.1, 0.15) is 0 Å². The number of methoxy groups -OCH3 is 1. The Morgan fingerprint density at radius 2 is 1.64 bits per heavy atom. The first-order chi connectivity index (χ1) is 21.9. The van der Waals surface area contributed by atoms with Crippen LogP contribution in [0.3, 0.4) is 0 Å². The number of carbonyl (C=O) groups excluding carboxylic acids is 2. The zero-order valence-electron chi connectivity index (χ0n) is 27.0. The molecule has 3 aromatic rings. The zero-order valence-corrected chi connectivity index (χ0v) is 27.0. The van der Waals surface area contributed by atoms with Crippen LogP contribution < -0.4 is 10.2 Å². The van der Waals surface area contributed by atoms with Crippen molar-refractivity contribution >= 4 is 18.3 Å². The fourth-order valence-corrected chi connectivity index (χ4v) is 5.30. The molecule has 0 bridgehead atoms. The van der Waals surface area contributed by atoms with Gasteiger partial charge in [-0.15, -0.1) is 0 Å². The van der Waals surface area contributed by atoms with Gasteiger partial charge in [-0.2, -0.15) is 31.4 Å². The highest BCUT2D eigenvalue weighted by Gasteiger charge is 2.39. The van der Waals surface area contributed by atoms with Crippen LogP contribution in [0.5, 0.6) is 0 Å². The van der Waals surface area contributed by atoms with Crippen molar-refractivity contribution in [1.82, 2.24) is 30.0 Å². The quantitative estimate of drug-likeness (QED) is 0.229. The van der Waals surface area contributed by atoms with E-state index in [9.17, 15) is 35.9 Å². The average molecular weight is 672 g/mol. The summed E-state index contributed by atoms with van der Waals surface area (Å²) >= 11 is 0. The number of alkyl halides is 6. The van der Waals surface area contributed by atoms with Gasteiger partial charge in [0.25, 0.3) is 0 Å². The van der Waals surface area contributed by atoms with Crippen LogP contribution in [0.4, 0.5) is 32.3 Å². The molecular weight excluding hydrogens is 632 g/mol. The molecule has 0 aliphatic carbocycles. The molecule has 10 nitrogen and oxygen atoms in total. The third kappa shape index (κ3) is 9.65. The van der Waals surface area contributed by atoms with Crippen LogP contribution in [0.15, 0.2) is 43.0 Å². The Hall–Kier alpha value is -4.21. The molecule has 1 aliphatic heterocycles. The molecule has 0 radical (unpaired) electrons. The van der Waals surface area contributed by atoms with Crippen molar-refractivity contribution in [3.05, 3.63) is 59.7 Å². The van der Waals surface area contributed by atoms with Crippen LogP contribution in [-0.4, -0.2) is 76.4 Å². The fraction of sp³-hybridized carbons (Fsp3) is 0.516. The van der Waals surface area contributed by atoms with Gasteiger partial charge in [-0.3, -0.25) is 14.3 Å². The highest BCUT2D eigenvalue weighted by molar-refractivity contribution is 5.81. The summed E-state index contributed by atoms with van der Waals surface area (Å²) in [4.78, 5) is 34.5. The van der Waals surface area contributed by atoms with Crippen LogP contribution in [0, 0.1) is 5.41 Å².